The number of nitrogens with zero attached hydrogens (tertiary/aromatic N) is 1. The van der Waals surface area contributed by atoms with Crippen LogP contribution in [0.4, 0.5) is 0 Å². The number of hydrogen-bond acceptors (Lipinski definition) is 3. The lowest BCUT2D eigenvalue weighted by molar-refractivity contribution is -0.140. The van der Waals surface area contributed by atoms with Crippen molar-refractivity contribution in [2.45, 2.75) is 52.2 Å². The van der Waals surface area contributed by atoms with E-state index in [1.807, 2.05) is 68.4 Å². The summed E-state index contributed by atoms with van der Waals surface area (Å²) < 4.78 is 5.28. The fourth-order valence-electron chi connectivity index (χ4n) is 2.89. The third-order valence-corrected chi connectivity index (χ3v) is 4.85. The Morgan fingerprint density at radius 1 is 1.04 bits per heavy atom. The van der Waals surface area contributed by atoms with Crippen LogP contribution in [0.3, 0.4) is 0 Å². The van der Waals surface area contributed by atoms with E-state index in [-0.39, 0.29) is 24.3 Å². The van der Waals surface area contributed by atoms with Crippen LogP contribution in [-0.4, -0.2) is 35.9 Å². The van der Waals surface area contributed by atoms with Gasteiger partial charge in [-0.15, -0.1) is 0 Å². The number of rotatable bonds is 9. The zero-order valence-corrected chi connectivity index (χ0v) is 17.1. The molecule has 0 aliphatic heterocycles. The number of carbonyl (C=O) groups is 2. The molecule has 5 heteroatoms. The Morgan fingerprint density at radius 3 is 2.36 bits per heavy atom. The van der Waals surface area contributed by atoms with E-state index in [1.165, 1.54) is 0 Å². The fraction of sp³-hybridized carbons (Fsp3) is 0.391. The highest BCUT2D eigenvalue weighted by molar-refractivity contribution is 5.88. The largest absolute Gasteiger partial charge is 0.497 e. The van der Waals surface area contributed by atoms with Crippen LogP contribution in [0, 0.1) is 0 Å². The molecule has 2 rings (SSSR count). The molecule has 0 bridgehead atoms. The Kier molecular flexibility index (Phi) is 8.05. The first-order valence-corrected chi connectivity index (χ1v) is 9.71. The van der Waals surface area contributed by atoms with Gasteiger partial charge in [0.1, 0.15) is 11.8 Å². The lowest BCUT2D eigenvalue weighted by Crippen LogP contribution is -2.49. The summed E-state index contributed by atoms with van der Waals surface area (Å²) in [6.45, 7) is 6.10. The maximum atomic E-state index is 13.1. The predicted molar refractivity (Wildman–Crippen MR) is 111 cm³/mol. The van der Waals surface area contributed by atoms with Gasteiger partial charge in [0.2, 0.25) is 11.8 Å². The normalized spacial score (nSPS) is 12.7. The lowest BCUT2D eigenvalue weighted by atomic mass is 10.1. The van der Waals surface area contributed by atoms with Crippen molar-refractivity contribution in [3.05, 3.63) is 65.7 Å². The Bertz CT molecular complexity index is 776. The van der Waals surface area contributed by atoms with E-state index in [2.05, 4.69) is 5.32 Å². The summed E-state index contributed by atoms with van der Waals surface area (Å²) in [5.41, 5.74) is 1.85. The highest BCUT2D eigenvalue weighted by Crippen LogP contribution is 2.17. The second kappa shape index (κ2) is 10.5. The SMILES string of the molecule is CC[C@H](C)NC(=O)[C@@H](C)N(Cc1cccc(OC)c1)C(=O)Cc1ccccc1. The molecule has 2 atom stereocenters. The molecule has 0 unspecified atom stereocenters. The van der Waals surface area contributed by atoms with Gasteiger partial charge in [-0.05, 0) is 43.5 Å². The third-order valence-electron chi connectivity index (χ3n) is 4.85. The van der Waals surface area contributed by atoms with Gasteiger partial charge in [-0.25, -0.2) is 0 Å². The average molecular weight is 383 g/mol. The summed E-state index contributed by atoms with van der Waals surface area (Å²) in [7, 11) is 1.61. The molecule has 2 aromatic carbocycles. The van der Waals surface area contributed by atoms with Crippen LogP contribution in [-0.2, 0) is 22.6 Å². The third kappa shape index (κ3) is 6.12. The standard InChI is InChI=1S/C23H30N2O3/c1-5-17(2)24-23(27)18(3)25(16-20-12-9-13-21(14-20)28-4)22(26)15-19-10-7-6-8-11-19/h6-14,17-18H,5,15-16H2,1-4H3,(H,24,27)/t17-,18+/m0/s1. The monoisotopic (exact) mass is 382 g/mol. The molecule has 0 heterocycles. The molecule has 28 heavy (non-hydrogen) atoms. The van der Waals surface area contributed by atoms with Gasteiger partial charge in [0.15, 0.2) is 0 Å². The van der Waals surface area contributed by atoms with E-state index in [4.69, 9.17) is 4.74 Å². The minimum Gasteiger partial charge on any atom is -0.497 e. The molecule has 2 aromatic rings. The van der Waals surface area contributed by atoms with Crippen LogP contribution in [0.15, 0.2) is 54.6 Å². The molecule has 1 N–H and O–H groups in total. The van der Waals surface area contributed by atoms with Crippen molar-refractivity contribution in [2.75, 3.05) is 7.11 Å². The topological polar surface area (TPSA) is 58.6 Å². The molecule has 0 saturated heterocycles. The summed E-state index contributed by atoms with van der Waals surface area (Å²) >= 11 is 0. The van der Waals surface area contributed by atoms with Crippen molar-refractivity contribution in [3.8, 4) is 5.75 Å². The minimum absolute atomic E-state index is 0.0674. The summed E-state index contributed by atoms with van der Waals surface area (Å²) in [4.78, 5) is 27.4. The Hall–Kier alpha value is -2.82. The second-order valence-corrected chi connectivity index (χ2v) is 7.03. The van der Waals surface area contributed by atoms with Gasteiger partial charge in [-0.1, -0.05) is 49.4 Å². The van der Waals surface area contributed by atoms with Crippen LogP contribution in [0.2, 0.25) is 0 Å². The van der Waals surface area contributed by atoms with Crippen molar-refractivity contribution < 1.29 is 14.3 Å². The molecule has 0 saturated carbocycles. The van der Waals surface area contributed by atoms with E-state index in [9.17, 15) is 9.59 Å². The van der Waals surface area contributed by atoms with Gasteiger partial charge < -0.3 is 15.0 Å². The van der Waals surface area contributed by atoms with E-state index in [0.717, 1.165) is 23.3 Å². The summed E-state index contributed by atoms with van der Waals surface area (Å²) in [5, 5.41) is 2.98. The number of methoxy groups -OCH3 is 1. The quantitative estimate of drug-likeness (QED) is 0.721. The first-order chi connectivity index (χ1) is 13.4. The van der Waals surface area contributed by atoms with E-state index >= 15 is 0 Å². The molecule has 0 aromatic heterocycles. The van der Waals surface area contributed by atoms with Crippen molar-refractivity contribution in [1.82, 2.24) is 10.2 Å². The first-order valence-electron chi connectivity index (χ1n) is 9.71. The fourth-order valence-corrected chi connectivity index (χ4v) is 2.89. The number of ether oxygens (including phenoxy) is 1. The number of benzene rings is 2. The highest BCUT2D eigenvalue weighted by Gasteiger charge is 2.26. The van der Waals surface area contributed by atoms with Gasteiger partial charge in [0, 0.05) is 12.6 Å². The Labute approximate surface area is 167 Å². The van der Waals surface area contributed by atoms with E-state index < -0.39 is 6.04 Å². The molecule has 0 spiro atoms. The van der Waals surface area contributed by atoms with Crippen LogP contribution >= 0.6 is 0 Å². The van der Waals surface area contributed by atoms with Gasteiger partial charge in [0.25, 0.3) is 0 Å². The van der Waals surface area contributed by atoms with Gasteiger partial charge in [-0.3, -0.25) is 9.59 Å². The van der Waals surface area contributed by atoms with Crippen molar-refractivity contribution >= 4 is 11.8 Å². The van der Waals surface area contributed by atoms with Crippen molar-refractivity contribution in [3.63, 3.8) is 0 Å². The van der Waals surface area contributed by atoms with Gasteiger partial charge >= 0.3 is 0 Å². The molecule has 0 aliphatic carbocycles. The maximum Gasteiger partial charge on any atom is 0.242 e. The number of nitrogens with one attached hydrogen (secondary N) is 1. The predicted octanol–water partition coefficient (Wildman–Crippen LogP) is 3.57. The molecule has 5 nitrogen and oxygen atoms in total. The average Bonchev–Trinajstić information content (AvgIpc) is 2.72. The molecular weight excluding hydrogens is 352 g/mol. The Morgan fingerprint density at radius 2 is 1.71 bits per heavy atom. The van der Waals surface area contributed by atoms with Crippen LogP contribution in [0.5, 0.6) is 5.75 Å². The summed E-state index contributed by atoms with van der Waals surface area (Å²) in [5.74, 6) is 0.504. The number of amides is 2. The number of hydrogen-bond donors (Lipinski definition) is 1. The lowest BCUT2D eigenvalue weighted by Gasteiger charge is -2.30. The molecule has 0 aliphatic rings. The minimum atomic E-state index is -0.573. The Balaban J connectivity index is 2.22. The first kappa shape index (κ1) is 21.5. The van der Waals surface area contributed by atoms with E-state index in [1.54, 1.807) is 18.9 Å². The zero-order chi connectivity index (χ0) is 20.5. The van der Waals surface area contributed by atoms with Crippen LogP contribution in [0.1, 0.15) is 38.3 Å². The smallest absolute Gasteiger partial charge is 0.242 e. The summed E-state index contributed by atoms with van der Waals surface area (Å²) in [6, 6.07) is 16.7. The van der Waals surface area contributed by atoms with Crippen molar-refractivity contribution in [1.29, 1.82) is 0 Å². The molecule has 0 fully saturated rings. The van der Waals surface area contributed by atoms with Gasteiger partial charge in [0.05, 0.1) is 13.5 Å². The zero-order valence-electron chi connectivity index (χ0n) is 17.1. The molecule has 2 amide bonds. The highest BCUT2D eigenvalue weighted by atomic mass is 16.5. The summed E-state index contributed by atoms with van der Waals surface area (Å²) in [6.07, 6.45) is 1.10. The molecular formula is C23H30N2O3. The van der Waals surface area contributed by atoms with E-state index in [0.29, 0.717) is 6.54 Å². The second-order valence-electron chi connectivity index (χ2n) is 7.03. The number of carbonyl (C=O) groups excluding carboxylic acids is 2. The van der Waals surface area contributed by atoms with Crippen LogP contribution in [0.25, 0.3) is 0 Å². The van der Waals surface area contributed by atoms with Crippen LogP contribution < -0.4 is 10.1 Å². The van der Waals surface area contributed by atoms with Crippen molar-refractivity contribution in [2.24, 2.45) is 0 Å². The molecule has 150 valence electrons. The molecule has 0 radical (unpaired) electrons. The maximum absolute atomic E-state index is 13.1. The van der Waals surface area contributed by atoms with Gasteiger partial charge in [-0.2, -0.15) is 0 Å².